The predicted molar refractivity (Wildman–Crippen MR) is 50.1 cm³/mol. The number of methoxy groups -OCH3 is 1. The fraction of sp³-hybridized carbons (Fsp3) is 1.00. The first kappa shape index (κ1) is 11.6. The average molecular weight is 198 g/mol. The summed E-state index contributed by atoms with van der Waals surface area (Å²) in [6.07, 6.45) is 0. The predicted octanol–water partition coefficient (Wildman–Crippen LogP) is 1.20. The van der Waals surface area contributed by atoms with Crippen molar-refractivity contribution >= 4 is 24.4 Å². The van der Waals surface area contributed by atoms with Gasteiger partial charge in [-0.3, -0.25) is 0 Å². The topological polar surface area (TPSA) is 27.7 Å². The van der Waals surface area contributed by atoms with Gasteiger partial charge in [-0.25, -0.2) is 0 Å². The summed E-state index contributed by atoms with van der Waals surface area (Å²) in [7, 11) is 1.64. The third-order valence-corrected chi connectivity index (χ3v) is 1.92. The van der Waals surface area contributed by atoms with E-state index in [-0.39, 0.29) is 0 Å². The molecule has 0 N–H and O–H groups in total. The van der Waals surface area contributed by atoms with Gasteiger partial charge in [0.05, 0.1) is 19.2 Å². The Morgan fingerprint density at radius 2 is 2.09 bits per heavy atom. The van der Waals surface area contributed by atoms with Gasteiger partial charge in [0.2, 0.25) is 0 Å². The summed E-state index contributed by atoms with van der Waals surface area (Å²) >= 11 is 5.60. The lowest BCUT2D eigenvalue weighted by molar-refractivity contribution is -0.0506. The maximum Gasteiger partial charge on any atom is 0.147 e. The Hall–Kier alpha value is 0.580. The van der Waals surface area contributed by atoms with Crippen LogP contribution in [0.1, 0.15) is 0 Å². The van der Waals surface area contributed by atoms with Crippen molar-refractivity contribution in [2.45, 2.75) is 0 Å². The van der Waals surface area contributed by atoms with Gasteiger partial charge in [0.15, 0.2) is 0 Å². The van der Waals surface area contributed by atoms with E-state index in [0.29, 0.717) is 25.9 Å². The van der Waals surface area contributed by atoms with Gasteiger partial charge in [-0.05, 0) is 0 Å². The Bertz CT molecular complexity index is 64.8. The monoisotopic (exact) mass is 198 g/mol. The van der Waals surface area contributed by atoms with E-state index >= 15 is 0 Å². The molecule has 0 aliphatic rings. The molecule has 0 aromatic rings. The maximum atomic E-state index is 5.06. The van der Waals surface area contributed by atoms with E-state index in [4.69, 9.17) is 14.2 Å². The number of thioether (sulfide) groups is 1. The minimum Gasteiger partial charge on any atom is -0.382 e. The van der Waals surface area contributed by atoms with Crippen molar-refractivity contribution < 1.29 is 14.2 Å². The van der Waals surface area contributed by atoms with Crippen LogP contribution < -0.4 is 0 Å². The van der Waals surface area contributed by atoms with Gasteiger partial charge >= 0.3 is 0 Å². The molecule has 0 aliphatic heterocycles. The summed E-state index contributed by atoms with van der Waals surface area (Å²) in [6, 6.07) is 0. The first-order chi connectivity index (χ1) is 5.41. The number of hydrogen-bond donors (Lipinski definition) is 1. The molecule has 0 heterocycles. The molecular formula is C6H14O3S2. The van der Waals surface area contributed by atoms with Crippen LogP contribution in [0, 0.1) is 0 Å². The summed E-state index contributed by atoms with van der Waals surface area (Å²) in [5.41, 5.74) is 0. The van der Waals surface area contributed by atoms with Crippen LogP contribution in [0.2, 0.25) is 0 Å². The van der Waals surface area contributed by atoms with E-state index in [2.05, 4.69) is 12.6 Å². The first-order valence-electron chi connectivity index (χ1n) is 3.25. The molecule has 0 amide bonds. The first-order valence-corrected chi connectivity index (χ1v) is 5.03. The van der Waals surface area contributed by atoms with E-state index in [9.17, 15) is 0 Å². The van der Waals surface area contributed by atoms with Crippen LogP contribution in [0.3, 0.4) is 0 Å². The Labute approximate surface area is 77.2 Å². The Kier molecular flexibility index (Phi) is 11.1. The van der Waals surface area contributed by atoms with Crippen molar-refractivity contribution in [1.82, 2.24) is 0 Å². The molecule has 11 heavy (non-hydrogen) atoms. The molecule has 5 heteroatoms. The molecule has 0 spiro atoms. The highest BCUT2D eigenvalue weighted by Gasteiger charge is 1.87. The van der Waals surface area contributed by atoms with Crippen LogP contribution >= 0.6 is 24.4 Å². The third kappa shape index (κ3) is 10.6. The summed E-state index contributed by atoms with van der Waals surface area (Å²) in [5.74, 6) is 0.635. The molecule has 0 atom stereocenters. The van der Waals surface area contributed by atoms with Gasteiger partial charge in [0, 0.05) is 12.2 Å². The van der Waals surface area contributed by atoms with Crippen LogP contribution in [0.25, 0.3) is 0 Å². The highest BCUT2D eigenvalue weighted by atomic mass is 32.2. The van der Waals surface area contributed by atoms with Gasteiger partial charge in [-0.2, -0.15) is 12.6 Å². The van der Waals surface area contributed by atoms with Gasteiger partial charge < -0.3 is 14.2 Å². The molecule has 0 bridgehead atoms. The van der Waals surface area contributed by atoms with Crippen LogP contribution in [0.5, 0.6) is 0 Å². The van der Waals surface area contributed by atoms with Crippen LogP contribution in [0.4, 0.5) is 0 Å². The summed E-state index contributed by atoms with van der Waals surface area (Å²) in [5, 5.41) is 0.776. The molecule has 0 aromatic heterocycles. The zero-order valence-corrected chi connectivity index (χ0v) is 8.33. The maximum absolute atomic E-state index is 5.06. The summed E-state index contributed by atoms with van der Waals surface area (Å²) in [4.78, 5) is 0. The van der Waals surface area contributed by atoms with Crippen LogP contribution in [-0.2, 0) is 14.2 Å². The third-order valence-electron chi connectivity index (χ3n) is 0.856. The largest absolute Gasteiger partial charge is 0.382 e. The second-order valence-electron chi connectivity index (χ2n) is 1.67. The van der Waals surface area contributed by atoms with Crippen LogP contribution in [-0.4, -0.2) is 38.1 Å². The molecule has 0 saturated carbocycles. The molecule has 0 unspecified atom stereocenters. The molecular weight excluding hydrogens is 184 g/mol. The highest BCUT2D eigenvalue weighted by Crippen LogP contribution is 2.00. The lowest BCUT2D eigenvalue weighted by Crippen LogP contribution is -2.05. The smallest absolute Gasteiger partial charge is 0.147 e. The van der Waals surface area contributed by atoms with Crippen molar-refractivity contribution in [3.05, 3.63) is 0 Å². The van der Waals surface area contributed by atoms with E-state index in [0.717, 1.165) is 5.08 Å². The van der Waals surface area contributed by atoms with Crippen molar-refractivity contribution in [2.24, 2.45) is 0 Å². The zero-order chi connectivity index (χ0) is 8.36. The minimum atomic E-state index is 0.337. The SMILES string of the molecule is COCCOCOCSCS. The molecule has 0 radical (unpaired) electrons. The zero-order valence-electron chi connectivity index (χ0n) is 6.62. The van der Waals surface area contributed by atoms with E-state index in [1.165, 1.54) is 0 Å². The molecule has 0 rings (SSSR count). The van der Waals surface area contributed by atoms with Crippen molar-refractivity contribution in [3.8, 4) is 0 Å². The van der Waals surface area contributed by atoms with E-state index in [1.54, 1.807) is 18.9 Å². The van der Waals surface area contributed by atoms with E-state index < -0.39 is 0 Å². The number of thiol groups is 1. The fourth-order valence-electron chi connectivity index (χ4n) is 0.390. The standard InChI is InChI=1S/C6H14O3S2/c1-7-2-3-8-4-9-5-11-6-10/h10H,2-6H2,1H3. The minimum absolute atomic E-state index is 0.337. The normalized spacial score (nSPS) is 10.4. The quantitative estimate of drug-likeness (QED) is 0.360. The van der Waals surface area contributed by atoms with Gasteiger partial charge in [0.25, 0.3) is 0 Å². The number of rotatable bonds is 8. The summed E-state index contributed by atoms with van der Waals surface area (Å²) < 4.78 is 14.9. The van der Waals surface area contributed by atoms with Crippen molar-refractivity contribution in [1.29, 1.82) is 0 Å². The molecule has 3 nitrogen and oxygen atoms in total. The molecule has 0 aliphatic carbocycles. The molecule has 68 valence electrons. The second-order valence-corrected chi connectivity index (χ2v) is 3.35. The van der Waals surface area contributed by atoms with Crippen molar-refractivity contribution in [3.63, 3.8) is 0 Å². The molecule has 0 aromatic carbocycles. The Morgan fingerprint density at radius 3 is 2.73 bits per heavy atom. The number of ether oxygens (including phenoxy) is 3. The number of hydrogen-bond acceptors (Lipinski definition) is 5. The average Bonchev–Trinajstić information content (AvgIpc) is 2.03. The molecule has 0 fully saturated rings. The fourth-order valence-corrected chi connectivity index (χ4v) is 0.874. The summed E-state index contributed by atoms with van der Waals surface area (Å²) in [6.45, 7) is 1.54. The lowest BCUT2D eigenvalue weighted by Gasteiger charge is -2.03. The van der Waals surface area contributed by atoms with Gasteiger partial charge in [0.1, 0.15) is 6.79 Å². The highest BCUT2D eigenvalue weighted by molar-refractivity contribution is 8.09. The second kappa shape index (κ2) is 10.6. The van der Waals surface area contributed by atoms with E-state index in [1.807, 2.05) is 0 Å². The Morgan fingerprint density at radius 1 is 1.27 bits per heavy atom. The van der Waals surface area contributed by atoms with Gasteiger partial charge in [-0.15, -0.1) is 11.8 Å². The van der Waals surface area contributed by atoms with Crippen LogP contribution in [0.15, 0.2) is 0 Å². The van der Waals surface area contributed by atoms with Crippen molar-refractivity contribution in [2.75, 3.05) is 38.1 Å². The lowest BCUT2D eigenvalue weighted by atomic mass is 10.8. The van der Waals surface area contributed by atoms with Gasteiger partial charge in [-0.1, -0.05) is 0 Å². The molecule has 0 saturated heterocycles. The Balaban J connectivity index is 2.69.